The van der Waals surface area contributed by atoms with Gasteiger partial charge in [-0.3, -0.25) is 14.5 Å². The Hall–Kier alpha value is -2.81. The molecule has 3 aromatic rings. The van der Waals surface area contributed by atoms with Gasteiger partial charge in [0.05, 0.1) is 0 Å². The molecule has 2 amide bonds. The van der Waals surface area contributed by atoms with E-state index in [2.05, 4.69) is 5.32 Å². The standard InChI is InChI=1S/C22H18FN3O2.HI/c1-15-6-2-3-7-18(15)24-22(28)21-19-8-4-5-13-25(19)14-20(27)26(21)17-11-9-16(23)10-12-17;/h2-13,21H,14H2,1H3;1H. The second kappa shape index (κ2) is 8.69. The molecule has 0 fully saturated rings. The van der Waals surface area contributed by atoms with Gasteiger partial charge in [-0.05, 0) is 42.8 Å². The molecular formula is C22H19FIN3O2. The molecule has 0 saturated carbocycles. The molecular weight excluding hydrogens is 484 g/mol. The number of carbonyl (C=O) groups excluding carboxylic acids is 2. The number of anilines is 2. The number of para-hydroxylation sites is 1. The maximum Gasteiger partial charge on any atom is 0.294 e. The number of hydrogen-bond donors (Lipinski definition) is 1. The fourth-order valence-corrected chi connectivity index (χ4v) is 3.44. The predicted molar refractivity (Wildman–Crippen MR) is 103 cm³/mol. The minimum Gasteiger partial charge on any atom is -1.00 e. The van der Waals surface area contributed by atoms with Crippen LogP contribution in [0, 0.1) is 12.7 Å². The summed E-state index contributed by atoms with van der Waals surface area (Å²) in [4.78, 5) is 27.6. The van der Waals surface area contributed by atoms with E-state index < -0.39 is 11.9 Å². The molecule has 0 radical (unpaired) electrons. The highest BCUT2D eigenvalue weighted by atomic mass is 127. The zero-order valence-corrected chi connectivity index (χ0v) is 17.8. The van der Waals surface area contributed by atoms with E-state index in [4.69, 9.17) is 0 Å². The monoisotopic (exact) mass is 503 g/mol. The van der Waals surface area contributed by atoms with Crippen molar-refractivity contribution in [3.8, 4) is 0 Å². The maximum absolute atomic E-state index is 13.4. The Bertz CT molecular complexity index is 1060. The Labute approximate surface area is 185 Å². The van der Waals surface area contributed by atoms with Crippen LogP contribution < -0.4 is 38.8 Å². The van der Waals surface area contributed by atoms with Crippen LogP contribution >= 0.6 is 0 Å². The lowest BCUT2D eigenvalue weighted by Crippen LogP contribution is -3.00. The number of hydrogen-bond acceptors (Lipinski definition) is 2. The van der Waals surface area contributed by atoms with Gasteiger partial charge in [0.1, 0.15) is 5.82 Å². The molecule has 1 unspecified atom stereocenters. The summed E-state index contributed by atoms with van der Waals surface area (Å²) in [6, 6.07) is 17.7. The van der Waals surface area contributed by atoms with Crippen LogP contribution in [0.15, 0.2) is 72.9 Å². The van der Waals surface area contributed by atoms with Crippen molar-refractivity contribution in [2.24, 2.45) is 0 Å². The highest BCUT2D eigenvalue weighted by molar-refractivity contribution is 6.05. The van der Waals surface area contributed by atoms with E-state index in [1.165, 1.54) is 29.2 Å². The van der Waals surface area contributed by atoms with Crippen LogP contribution in [0.1, 0.15) is 17.3 Å². The Morgan fingerprint density at radius 3 is 2.48 bits per heavy atom. The molecule has 1 N–H and O–H groups in total. The molecule has 0 spiro atoms. The molecule has 2 aromatic carbocycles. The SMILES string of the molecule is Cc1ccccc1NC(=O)C1c2cccc[n+]2CC(=O)N1c1ccc(F)cc1.[I-]. The number of aryl methyl sites for hydroxylation is 1. The zero-order chi connectivity index (χ0) is 19.7. The van der Waals surface area contributed by atoms with Crippen molar-refractivity contribution in [3.05, 3.63) is 90.0 Å². The van der Waals surface area contributed by atoms with E-state index in [0.29, 0.717) is 17.1 Å². The van der Waals surface area contributed by atoms with Crippen LogP contribution in [-0.4, -0.2) is 11.8 Å². The summed E-state index contributed by atoms with van der Waals surface area (Å²) in [6.45, 7) is 2.02. The van der Waals surface area contributed by atoms with Crippen molar-refractivity contribution in [2.75, 3.05) is 10.2 Å². The third kappa shape index (κ3) is 4.14. The summed E-state index contributed by atoms with van der Waals surface area (Å²) < 4.78 is 15.2. The average Bonchev–Trinajstić information content (AvgIpc) is 2.69. The largest absolute Gasteiger partial charge is 1.00 e. The van der Waals surface area contributed by atoms with Crippen LogP contribution in [0.2, 0.25) is 0 Å². The van der Waals surface area contributed by atoms with Gasteiger partial charge in [-0.15, -0.1) is 0 Å². The van der Waals surface area contributed by atoms with Crippen molar-refractivity contribution >= 4 is 23.2 Å². The number of amides is 2. The number of fused-ring (bicyclic) bond motifs is 1. The van der Waals surface area contributed by atoms with Gasteiger partial charge in [-0.2, -0.15) is 4.57 Å². The van der Waals surface area contributed by atoms with E-state index in [1.54, 1.807) is 10.8 Å². The number of nitrogens with one attached hydrogen (secondary N) is 1. The molecule has 1 aromatic heterocycles. The van der Waals surface area contributed by atoms with Crippen molar-refractivity contribution in [1.29, 1.82) is 0 Å². The molecule has 7 heteroatoms. The van der Waals surface area contributed by atoms with Gasteiger partial charge >= 0.3 is 0 Å². The van der Waals surface area contributed by atoms with E-state index in [1.807, 2.05) is 49.4 Å². The quantitative estimate of drug-likeness (QED) is 0.409. The Balaban J connectivity index is 0.00000240. The molecule has 2 heterocycles. The van der Waals surface area contributed by atoms with Crippen molar-refractivity contribution < 1.29 is 42.5 Å². The molecule has 0 aliphatic carbocycles. The van der Waals surface area contributed by atoms with Gasteiger partial charge in [0.2, 0.25) is 18.3 Å². The van der Waals surface area contributed by atoms with E-state index >= 15 is 0 Å². The number of rotatable bonds is 3. The molecule has 0 saturated heterocycles. The summed E-state index contributed by atoms with van der Waals surface area (Å²) in [5.41, 5.74) is 2.78. The topological polar surface area (TPSA) is 53.3 Å². The van der Waals surface area contributed by atoms with Gasteiger partial charge in [0.15, 0.2) is 6.20 Å². The van der Waals surface area contributed by atoms with Crippen molar-refractivity contribution in [1.82, 2.24) is 0 Å². The second-order valence-electron chi connectivity index (χ2n) is 6.70. The number of nitrogens with zero attached hydrogens (tertiary/aromatic N) is 2. The zero-order valence-electron chi connectivity index (χ0n) is 15.7. The van der Waals surface area contributed by atoms with Gasteiger partial charge < -0.3 is 29.3 Å². The molecule has 0 bridgehead atoms. The average molecular weight is 503 g/mol. The minimum atomic E-state index is -0.868. The third-order valence-electron chi connectivity index (χ3n) is 4.84. The van der Waals surface area contributed by atoms with Crippen LogP contribution in [0.25, 0.3) is 0 Å². The third-order valence-corrected chi connectivity index (χ3v) is 4.84. The number of aromatic nitrogens is 1. The van der Waals surface area contributed by atoms with Gasteiger partial charge in [-0.25, -0.2) is 4.39 Å². The first kappa shape index (κ1) is 20.9. The molecule has 4 rings (SSSR count). The lowest BCUT2D eigenvalue weighted by molar-refractivity contribution is -0.695. The summed E-state index contributed by atoms with van der Waals surface area (Å²) in [6.07, 6.45) is 1.78. The molecule has 29 heavy (non-hydrogen) atoms. The van der Waals surface area contributed by atoms with Crippen LogP contribution in [0.4, 0.5) is 15.8 Å². The summed E-state index contributed by atoms with van der Waals surface area (Å²) in [7, 11) is 0. The Morgan fingerprint density at radius 2 is 1.76 bits per heavy atom. The number of halogens is 2. The lowest BCUT2D eigenvalue weighted by atomic mass is 10.0. The highest BCUT2D eigenvalue weighted by Crippen LogP contribution is 2.30. The van der Waals surface area contributed by atoms with Crippen molar-refractivity contribution in [2.45, 2.75) is 19.5 Å². The lowest BCUT2D eigenvalue weighted by Gasteiger charge is -2.32. The smallest absolute Gasteiger partial charge is 0.294 e. The second-order valence-corrected chi connectivity index (χ2v) is 6.70. The normalized spacial score (nSPS) is 15.3. The first-order valence-corrected chi connectivity index (χ1v) is 8.97. The van der Waals surface area contributed by atoms with Crippen LogP contribution in [0.3, 0.4) is 0 Å². The molecule has 1 aliphatic heterocycles. The summed E-state index contributed by atoms with van der Waals surface area (Å²) in [5.74, 6) is -0.962. The van der Waals surface area contributed by atoms with Crippen LogP contribution in [-0.2, 0) is 16.1 Å². The van der Waals surface area contributed by atoms with Gasteiger partial charge in [0.25, 0.3) is 11.8 Å². The summed E-state index contributed by atoms with van der Waals surface area (Å²) >= 11 is 0. The minimum absolute atomic E-state index is 0. The first-order valence-electron chi connectivity index (χ1n) is 8.97. The van der Waals surface area contributed by atoms with Gasteiger partial charge in [-0.1, -0.05) is 24.3 Å². The highest BCUT2D eigenvalue weighted by Gasteiger charge is 2.43. The maximum atomic E-state index is 13.4. The predicted octanol–water partition coefficient (Wildman–Crippen LogP) is 0.152. The molecule has 1 aliphatic rings. The molecule has 1 atom stereocenters. The molecule has 5 nitrogen and oxygen atoms in total. The Kier molecular flexibility index (Phi) is 6.26. The number of pyridine rings is 1. The van der Waals surface area contributed by atoms with Crippen LogP contribution in [0.5, 0.6) is 0 Å². The van der Waals surface area contributed by atoms with E-state index in [0.717, 1.165) is 5.56 Å². The number of carbonyl (C=O) groups is 2. The number of benzene rings is 2. The first-order chi connectivity index (χ1) is 13.5. The van der Waals surface area contributed by atoms with Gasteiger partial charge in [0, 0.05) is 23.5 Å². The van der Waals surface area contributed by atoms with E-state index in [9.17, 15) is 14.0 Å². The molecule has 148 valence electrons. The fourth-order valence-electron chi connectivity index (χ4n) is 3.44. The van der Waals surface area contributed by atoms with Crippen molar-refractivity contribution in [3.63, 3.8) is 0 Å². The summed E-state index contributed by atoms with van der Waals surface area (Å²) in [5, 5.41) is 2.93. The van der Waals surface area contributed by atoms with E-state index in [-0.39, 0.29) is 42.3 Å². The fraction of sp³-hybridized carbons (Fsp3) is 0.136. The Morgan fingerprint density at radius 1 is 1.07 bits per heavy atom.